The summed E-state index contributed by atoms with van der Waals surface area (Å²) in [7, 11) is 0. The Bertz CT molecular complexity index is 3020. The number of ether oxygens (including phenoxy) is 1. The smallest absolute Gasteiger partial charge is 0.135 e. The average Bonchev–Trinajstić information content (AvgIpc) is 3.42. The molecule has 0 N–H and O–H groups in total. The number of para-hydroxylation sites is 3. The fourth-order valence-electron chi connectivity index (χ4n) is 10.0. The second-order valence-corrected chi connectivity index (χ2v) is 15.2. The molecule has 2 heteroatoms. The van der Waals surface area contributed by atoms with Gasteiger partial charge in [0.15, 0.2) is 0 Å². The number of fused-ring (bicyclic) bond motifs is 17. The Balaban J connectivity index is 1.15. The summed E-state index contributed by atoms with van der Waals surface area (Å²) < 4.78 is 6.57. The summed E-state index contributed by atoms with van der Waals surface area (Å²) in [5.74, 6) is 1.72. The maximum atomic E-state index is 6.57. The molecule has 2 nitrogen and oxygen atoms in total. The van der Waals surface area contributed by atoms with Crippen LogP contribution in [0, 0.1) is 0 Å². The van der Waals surface area contributed by atoms with Gasteiger partial charge in [0.1, 0.15) is 11.5 Å². The Morgan fingerprint density at radius 1 is 0.263 bits per heavy atom. The van der Waals surface area contributed by atoms with Gasteiger partial charge in [0.2, 0.25) is 0 Å². The number of hydrogen-bond acceptors (Lipinski definition) is 2. The van der Waals surface area contributed by atoms with Gasteiger partial charge in [-0.25, -0.2) is 0 Å². The zero-order valence-electron chi connectivity index (χ0n) is 31.1. The van der Waals surface area contributed by atoms with Crippen LogP contribution in [0.4, 0.5) is 17.1 Å². The van der Waals surface area contributed by atoms with E-state index >= 15 is 0 Å². The van der Waals surface area contributed by atoms with Gasteiger partial charge in [-0.15, -0.1) is 0 Å². The normalized spacial score (nSPS) is 13.2. The first-order valence-electron chi connectivity index (χ1n) is 19.7. The molecule has 0 saturated heterocycles. The van der Waals surface area contributed by atoms with Crippen LogP contribution in [0.25, 0.3) is 55.6 Å². The second-order valence-electron chi connectivity index (χ2n) is 15.2. The van der Waals surface area contributed by atoms with Crippen molar-refractivity contribution in [3.8, 4) is 67.1 Å². The molecule has 0 radical (unpaired) electrons. The fourth-order valence-corrected chi connectivity index (χ4v) is 10.0. The number of rotatable bonds is 3. The van der Waals surface area contributed by atoms with E-state index < -0.39 is 5.41 Å². The Morgan fingerprint density at radius 3 is 1.25 bits per heavy atom. The largest absolute Gasteiger partial charge is 0.456 e. The lowest BCUT2D eigenvalue weighted by molar-refractivity contribution is 0.488. The van der Waals surface area contributed by atoms with Crippen LogP contribution in [0.2, 0.25) is 0 Å². The third kappa shape index (κ3) is 4.53. The summed E-state index contributed by atoms with van der Waals surface area (Å²) in [5.41, 5.74) is 20.0. The highest BCUT2D eigenvalue weighted by atomic mass is 16.5. The fraction of sp³-hybridized carbons (Fsp3) is 0.0182. The third-order valence-corrected chi connectivity index (χ3v) is 12.3. The second kappa shape index (κ2) is 12.3. The molecule has 9 aromatic rings. The molecule has 0 saturated carbocycles. The lowest BCUT2D eigenvalue weighted by atomic mass is 9.66. The van der Waals surface area contributed by atoms with Crippen molar-refractivity contribution in [1.82, 2.24) is 0 Å². The van der Waals surface area contributed by atoms with Crippen molar-refractivity contribution in [2.24, 2.45) is 0 Å². The Hall–Kier alpha value is -7.42. The number of nitrogens with zero attached hydrogens (tertiary/aromatic N) is 1. The van der Waals surface area contributed by atoms with E-state index in [1.54, 1.807) is 0 Å². The van der Waals surface area contributed by atoms with Gasteiger partial charge < -0.3 is 9.64 Å². The topological polar surface area (TPSA) is 12.5 Å². The van der Waals surface area contributed by atoms with Crippen molar-refractivity contribution in [3.63, 3.8) is 0 Å². The Morgan fingerprint density at radius 2 is 0.649 bits per heavy atom. The van der Waals surface area contributed by atoms with Gasteiger partial charge in [-0.1, -0.05) is 164 Å². The van der Waals surface area contributed by atoms with Crippen molar-refractivity contribution in [1.29, 1.82) is 0 Å². The van der Waals surface area contributed by atoms with Crippen LogP contribution in [0.3, 0.4) is 0 Å². The summed E-state index contributed by atoms with van der Waals surface area (Å²) in [6.45, 7) is 0. The summed E-state index contributed by atoms with van der Waals surface area (Å²) in [5, 5.41) is 0. The van der Waals surface area contributed by atoms with Gasteiger partial charge in [-0.2, -0.15) is 0 Å². The number of benzene rings is 9. The van der Waals surface area contributed by atoms with E-state index in [9.17, 15) is 0 Å². The molecule has 57 heavy (non-hydrogen) atoms. The zero-order chi connectivity index (χ0) is 37.5. The molecule has 12 rings (SSSR count). The average molecular weight is 726 g/mol. The molecule has 266 valence electrons. The summed E-state index contributed by atoms with van der Waals surface area (Å²) in [4.78, 5) is 2.41. The van der Waals surface area contributed by atoms with Crippen molar-refractivity contribution in [2.75, 3.05) is 4.90 Å². The SMILES string of the molecule is c1ccc(N(c2ccc3c(c2)-c2ccccc2Oc2ccccc2-3)c2ccc3c(c2)-c2ccccc2-c2ccccc2C32c3ccccc3-c3ccccc32)cc1. The van der Waals surface area contributed by atoms with Gasteiger partial charge in [-0.3, -0.25) is 0 Å². The first kappa shape index (κ1) is 31.9. The van der Waals surface area contributed by atoms with Crippen LogP contribution in [0.1, 0.15) is 22.3 Å². The highest BCUT2D eigenvalue weighted by Crippen LogP contribution is 2.62. The molecular formula is C55H35NO. The molecule has 9 aromatic carbocycles. The molecule has 1 aliphatic heterocycles. The van der Waals surface area contributed by atoms with Crippen molar-refractivity contribution in [3.05, 3.63) is 235 Å². The standard InChI is InChI=1S/C55H35NO/c1-2-16-36(17-3-1)56(37-30-32-41-45-23-9-14-28-53(45)57-54-29-15-10-24-46(54)47(41)34-37)38-31-33-52-48(35-38)40-19-5-4-18-39(40)42-20-6-11-25-49(42)55(52)50-26-12-7-21-43(50)44-22-8-13-27-51(44)55/h1-35H. The first-order valence-corrected chi connectivity index (χ1v) is 19.7. The molecule has 0 fully saturated rings. The number of hydrogen-bond donors (Lipinski definition) is 0. The molecule has 0 amide bonds. The molecular weight excluding hydrogens is 691 g/mol. The van der Waals surface area contributed by atoms with Crippen molar-refractivity contribution in [2.45, 2.75) is 5.41 Å². The first-order chi connectivity index (χ1) is 28.3. The van der Waals surface area contributed by atoms with E-state index in [4.69, 9.17) is 4.74 Å². The highest BCUT2D eigenvalue weighted by Gasteiger charge is 2.49. The molecule has 2 aliphatic carbocycles. The van der Waals surface area contributed by atoms with Crippen LogP contribution < -0.4 is 9.64 Å². The maximum Gasteiger partial charge on any atom is 0.135 e. The molecule has 0 atom stereocenters. The summed E-state index contributed by atoms with van der Waals surface area (Å²) in [6.07, 6.45) is 0. The van der Waals surface area contributed by atoms with E-state index in [1.807, 2.05) is 12.1 Å². The van der Waals surface area contributed by atoms with Crippen molar-refractivity contribution >= 4 is 17.1 Å². The van der Waals surface area contributed by atoms with E-state index in [-0.39, 0.29) is 0 Å². The monoisotopic (exact) mass is 725 g/mol. The quantitative estimate of drug-likeness (QED) is 0.180. The highest BCUT2D eigenvalue weighted by molar-refractivity contribution is 5.99. The lowest BCUT2D eigenvalue weighted by Crippen LogP contribution is -2.29. The molecule has 1 heterocycles. The predicted octanol–water partition coefficient (Wildman–Crippen LogP) is 14.6. The molecule has 0 bridgehead atoms. The minimum Gasteiger partial charge on any atom is -0.456 e. The van der Waals surface area contributed by atoms with Gasteiger partial charge in [-0.05, 0) is 115 Å². The van der Waals surface area contributed by atoms with Crippen LogP contribution in [0.5, 0.6) is 11.5 Å². The van der Waals surface area contributed by atoms with E-state index in [1.165, 1.54) is 55.6 Å². The Kier molecular flexibility index (Phi) is 6.88. The minimum absolute atomic E-state index is 0.518. The van der Waals surface area contributed by atoms with Crippen LogP contribution in [0.15, 0.2) is 212 Å². The Labute approximate surface area is 332 Å². The van der Waals surface area contributed by atoms with E-state index in [0.29, 0.717) is 0 Å². The van der Waals surface area contributed by atoms with Gasteiger partial charge >= 0.3 is 0 Å². The molecule has 1 spiro atoms. The van der Waals surface area contributed by atoms with Gasteiger partial charge in [0, 0.05) is 28.2 Å². The van der Waals surface area contributed by atoms with Gasteiger partial charge in [0.25, 0.3) is 0 Å². The summed E-state index contributed by atoms with van der Waals surface area (Å²) in [6, 6.07) is 77.7. The molecule has 0 unspecified atom stereocenters. The molecule has 3 aliphatic rings. The van der Waals surface area contributed by atoms with Crippen LogP contribution in [-0.2, 0) is 5.41 Å². The lowest BCUT2D eigenvalue weighted by Gasteiger charge is -2.36. The van der Waals surface area contributed by atoms with Gasteiger partial charge in [0.05, 0.1) is 5.41 Å². The van der Waals surface area contributed by atoms with Crippen LogP contribution in [-0.4, -0.2) is 0 Å². The third-order valence-electron chi connectivity index (χ3n) is 12.3. The van der Waals surface area contributed by atoms with Crippen molar-refractivity contribution < 1.29 is 4.74 Å². The predicted molar refractivity (Wildman–Crippen MR) is 234 cm³/mol. The number of anilines is 3. The minimum atomic E-state index is -0.518. The maximum absolute atomic E-state index is 6.57. The van der Waals surface area contributed by atoms with E-state index in [2.05, 4.69) is 205 Å². The zero-order valence-corrected chi connectivity index (χ0v) is 31.1. The summed E-state index contributed by atoms with van der Waals surface area (Å²) >= 11 is 0. The van der Waals surface area contributed by atoms with Crippen LogP contribution >= 0.6 is 0 Å². The van der Waals surface area contributed by atoms with E-state index in [0.717, 1.165) is 50.8 Å². The molecule has 0 aromatic heterocycles.